The number of benzene rings is 1. The molecule has 4 atom stereocenters. The van der Waals surface area contributed by atoms with Gasteiger partial charge in [0, 0.05) is 0 Å². The maximum absolute atomic E-state index is 11.7. The van der Waals surface area contributed by atoms with Gasteiger partial charge in [-0.2, -0.15) is 0 Å². The molecule has 1 aliphatic heterocycles. The molecule has 0 aliphatic carbocycles. The van der Waals surface area contributed by atoms with Gasteiger partial charge >= 0.3 is 5.97 Å². The predicted octanol–water partition coefficient (Wildman–Crippen LogP) is -0.409. The molecule has 0 spiro atoms. The van der Waals surface area contributed by atoms with E-state index in [9.17, 15) is 20.1 Å². The lowest BCUT2D eigenvalue weighted by Crippen LogP contribution is -2.34. The van der Waals surface area contributed by atoms with Crippen molar-refractivity contribution in [2.75, 3.05) is 6.61 Å². The molecule has 1 saturated heterocycles. The van der Waals surface area contributed by atoms with Gasteiger partial charge in [-0.15, -0.1) is 0 Å². The highest BCUT2D eigenvalue weighted by atomic mass is 16.7. The Morgan fingerprint density at radius 1 is 1.21 bits per heavy atom. The van der Waals surface area contributed by atoms with Crippen LogP contribution in [0.1, 0.15) is 15.9 Å². The number of aliphatic hydroxyl groups is 3. The van der Waals surface area contributed by atoms with Crippen molar-refractivity contribution in [3.8, 4) is 0 Å². The van der Waals surface area contributed by atoms with E-state index in [4.69, 9.17) is 9.47 Å². The zero-order chi connectivity index (χ0) is 14.0. The lowest BCUT2D eigenvalue weighted by atomic mass is 10.1. The topological polar surface area (TPSA) is 96.2 Å². The van der Waals surface area contributed by atoms with Crippen molar-refractivity contribution in [3.63, 3.8) is 0 Å². The normalized spacial score (nSPS) is 30.3. The van der Waals surface area contributed by atoms with Gasteiger partial charge in [-0.25, -0.2) is 4.79 Å². The largest absolute Gasteiger partial charge is 0.459 e. The summed E-state index contributed by atoms with van der Waals surface area (Å²) in [5.41, 5.74) is 1.41. The van der Waals surface area contributed by atoms with Crippen molar-refractivity contribution in [2.24, 2.45) is 0 Å². The van der Waals surface area contributed by atoms with Crippen molar-refractivity contribution in [2.45, 2.75) is 31.5 Å². The fraction of sp³-hybridized carbons (Fsp3) is 0.462. The summed E-state index contributed by atoms with van der Waals surface area (Å²) in [5.74, 6) is -0.549. The van der Waals surface area contributed by atoms with E-state index in [-0.39, 0.29) is 6.61 Å². The molecule has 6 heteroatoms. The van der Waals surface area contributed by atoms with Crippen LogP contribution in [-0.4, -0.2) is 52.5 Å². The highest BCUT2D eigenvalue weighted by Gasteiger charge is 2.42. The zero-order valence-electron chi connectivity index (χ0n) is 10.4. The molecule has 104 valence electrons. The molecule has 1 fully saturated rings. The van der Waals surface area contributed by atoms with E-state index >= 15 is 0 Å². The van der Waals surface area contributed by atoms with Crippen LogP contribution in [0.5, 0.6) is 0 Å². The van der Waals surface area contributed by atoms with Gasteiger partial charge in [-0.1, -0.05) is 17.7 Å². The Bertz CT molecular complexity index is 443. The summed E-state index contributed by atoms with van der Waals surface area (Å²) in [4.78, 5) is 11.7. The number of ether oxygens (including phenoxy) is 2. The SMILES string of the molecule is Cc1ccc(C(=O)OC[C@H]2OC(O)[C@H](O)[C@@H]2O)cc1. The van der Waals surface area contributed by atoms with Crippen LogP contribution in [0.3, 0.4) is 0 Å². The van der Waals surface area contributed by atoms with Crippen molar-refractivity contribution >= 4 is 5.97 Å². The van der Waals surface area contributed by atoms with Crippen LogP contribution in [-0.2, 0) is 9.47 Å². The molecule has 0 radical (unpaired) electrons. The van der Waals surface area contributed by atoms with Crippen molar-refractivity contribution in [1.29, 1.82) is 0 Å². The minimum atomic E-state index is -1.46. The minimum absolute atomic E-state index is 0.234. The Kier molecular flexibility index (Phi) is 4.16. The molecule has 1 aromatic carbocycles. The lowest BCUT2D eigenvalue weighted by molar-refractivity contribution is -0.133. The number of carbonyl (C=O) groups excluding carboxylic acids is 1. The summed E-state index contributed by atoms with van der Waals surface area (Å²) in [6.45, 7) is 1.67. The number of rotatable bonds is 3. The fourth-order valence-corrected chi connectivity index (χ4v) is 1.80. The molecule has 6 nitrogen and oxygen atoms in total. The summed E-state index contributed by atoms with van der Waals surface area (Å²) in [6.07, 6.45) is -5.05. The van der Waals surface area contributed by atoms with Gasteiger partial charge in [-0.05, 0) is 19.1 Å². The van der Waals surface area contributed by atoms with Crippen molar-refractivity contribution in [1.82, 2.24) is 0 Å². The Hall–Kier alpha value is -1.47. The van der Waals surface area contributed by atoms with Crippen LogP contribution < -0.4 is 0 Å². The molecule has 1 unspecified atom stereocenters. The van der Waals surface area contributed by atoms with Gasteiger partial charge in [0.1, 0.15) is 24.9 Å². The van der Waals surface area contributed by atoms with Gasteiger partial charge in [-0.3, -0.25) is 0 Å². The summed E-state index contributed by atoms with van der Waals surface area (Å²) < 4.78 is 9.84. The van der Waals surface area contributed by atoms with Crippen LogP contribution in [0.25, 0.3) is 0 Å². The van der Waals surface area contributed by atoms with E-state index in [1.165, 1.54) is 0 Å². The molecule has 2 rings (SSSR count). The third-order valence-electron chi connectivity index (χ3n) is 3.00. The first-order valence-corrected chi connectivity index (χ1v) is 5.92. The first kappa shape index (κ1) is 14.0. The summed E-state index contributed by atoms with van der Waals surface area (Å²) >= 11 is 0. The minimum Gasteiger partial charge on any atom is -0.459 e. The molecule has 1 aromatic rings. The van der Waals surface area contributed by atoms with Gasteiger partial charge in [0.25, 0.3) is 0 Å². The second kappa shape index (κ2) is 5.66. The Morgan fingerprint density at radius 2 is 1.84 bits per heavy atom. The average molecular weight is 268 g/mol. The third kappa shape index (κ3) is 3.10. The number of esters is 1. The number of hydrogen-bond donors (Lipinski definition) is 3. The first-order chi connectivity index (χ1) is 8.99. The maximum Gasteiger partial charge on any atom is 0.338 e. The molecule has 19 heavy (non-hydrogen) atoms. The first-order valence-electron chi connectivity index (χ1n) is 5.92. The smallest absolute Gasteiger partial charge is 0.338 e. The van der Waals surface area contributed by atoms with Crippen LogP contribution in [0.4, 0.5) is 0 Å². The molecule has 1 aliphatic rings. The number of aryl methyl sites for hydroxylation is 1. The maximum atomic E-state index is 11.7. The number of aliphatic hydroxyl groups excluding tert-OH is 3. The molecule has 1 heterocycles. The van der Waals surface area contributed by atoms with E-state index in [1.807, 2.05) is 6.92 Å². The van der Waals surface area contributed by atoms with Gasteiger partial charge < -0.3 is 24.8 Å². The molecule has 0 saturated carbocycles. The van der Waals surface area contributed by atoms with Gasteiger partial charge in [0.2, 0.25) is 0 Å². The monoisotopic (exact) mass is 268 g/mol. The van der Waals surface area contributed by atoms with E-state index < -0.39 is 30.6 Å². The van der Waals surface area contributed by atoms with Crippen molar-refractivity contribution in [3.05, 3.63) is 35.4 Å². The zero-order valence-corrected chi connectivity index (χ0v) is 10.4. The average Bonchev–Trinajstić information content (AvgIpc) is 2.64. The molecule has 0 amide bonds. The quantitative estimate of drug-likeness (QED) is 0.645. The molecule has 0 aromatic heterocycles. The van der Waals surface area contributed by atoms with Crippen LogP contribution in [0.2, 0.25) is 0 Å². The second-order valence-electron chi connectivity index (χ2n) is 4.51. The van der Waals surface area contributed by atoms with Crippen LogP contribution >= 0.6 is 0 Å². The third-order valence-corrected chi connectivity index (χ3v) is 3.00. The lowest BCUT2D eigenvalue weighted by Gasteiger charge is -2.14. The van der Waals surface area contributed by atoms with E-state index in [0.717, 1.165) is 5.56 Å². The standard InChI is InChI=1S/C13H16O6/c1-7-2-4-8(5-3-7)12(16)18-6-9-10(14)11(15)13(17)19-9/h2-5,9-11,13-15,17H,6H2,1H3/t9-,10-,11-,13?/m1/s1. The van der Waals surface area contributed by atoms with Gasteiger partial charge in [0.15, 0.2) is 6.29 Å². The summed E-state index contributed by atoms with van der Waals surface area (Å²) in [6, 6.07) is 6.83. The number of hydrogen-bond acceptors (Lipinski definition) is 6. The van der Waals surface area contributed by atoms with E-state index in [2.05, 4.69) is 0 Å². The predicted molar refractivity (Wildman–Crippen MR) is 64.4 cm³/mol. The number of carbonyl (C=O) groups is 1. The van der Waals surface area contributed by atoms with Crippen molar-refractivity contribution < 1.29 is 29.6 Å². The summed E-state index contributed by atoms with van der Waals surface area (Å²) in [7, 11) is 0. The van der Waals surface area contributed by atoms with Crippen LogP contribution in [0.15, 0.2) is 24.3 Å². The van der Waals surface area contributed by atoms with Gasteiger partial charge in [0.05, 0.1) is 5.56 Å². The summed E-state index contributed by atoms with van der Waals surface area (Å²) in [5, 5.41) is 28.0. The van der Waals surface area contributed by atoms with E-state index in [0.29, 0.717) is 5.56 Å². The highest BCUT2D eigenvalue weighted by molar-refractivity contribution is 5.89. The van der Waals surface area contributed by atoms with E-state index in [1.54, 1.807) is 24.3 Å². The Balaban J connectivity index is 1.89. The second-order valence-corrected chi connectivity index (χ2v) is 4.51. The molecular formula is C13H16O6. The van der Waals surface area contributed by atoms with Crippen LogP contribution in [0, 0.1) is 6.92 Å². The Morgan fingerprint density at radius 3 is 2.37 bits per heavy atom. The fourth-order valence-electron chi connectivity index (χ4n) is 1.80. The molecular weight excluding hydrogens is 252 g/mol. The molecule has 3 N–H and O–H groups in total. The highest BCUT2D eigenvalue weighted by Crippen LogP contribution is 2.20. The Labute approximate surface area is 110 Å². The molecule has 0 bridgehead atoms.